The first-order chi connectivity index (χ1) is 8.33. The molecule has 2 fully saturated rings. The minimum absolute atomic E-state index is 0.00630. The summed E-state index contributed by atoms with van der Waals surface area (Å²) in [5.41, 5.74) is 6.76. The molecule has 4 unspecified atom stereocenters. The van der Waals surface area contributed by atoms with Crippen LogP contribution in [0.25, 0.3) is 0 Å². The van der Waals surface area contributed by atoms with Crippen LogP contribution in [-0.4, -0.2) is 22.7 Å². The monoisotopic (exact) mass is 232 g/mol. The molecule has 0 aliphatic heterocycles. The van der Waals surface area contributed by atoms with Crippen molar-refractivity contribution in [1.29, 1.82) is 0 Å². The van der Waals surface area contributed by atoms with Crippen LogP contribution in [0.15, 0.2) is 24.4 Å². The summed E-state index contributed by atoms with van der Waals surface area (Å²) in [6, 6.07) is 5.83. The van der Waals surface area contributed by atoms with Crippen molar-refractivity contribution in [1.82, 2.24) is 4.98 Å². The largest absolute Gasteiger partial charge is 0.392 e. The lowest BCUT2D eigenvalue weighted by Gasteiger charge is -2.22. The Balaban J connectivity index is 1.73. The van der Waals surface area contributed by atoms with E-state index in [2.05, 4.69) is 4.98 Å². The van der Waals surface area contributed by atoms with Gasteiger partial charge in [0.1, 0.15) is 0 Å². The highest BCUT2D eigenvalue weighted by Gasteiger charge is 2.57. The van der Waals surface area contributed by atoms with Crippen molar-refractivity contribution in [3.63, 3.8) is 0 Å². The molecule has 0 radical (unpaired) electrons. The van der Waals surface area contributed by atoms with Crippen molar-refractivity contribution in [3.05, 3.63) is 30.1 Å². The van der Waals surface area contributed by atoms with Gasteiger partial charge >= 0.3 is 0 Å². The number of aliphatic hydroxyl groups is 1. The number of nitrogens with zero attached hydrogens (tertiary/aromatic N) is 1. The summed E-state index contributed by atoms with van der Waals surface area (Å²) in [5, 5.41) is 10.5. The zero-order valence-electron chi connectivity index (χ0n) is 10.00. The quantitative estimate of drug-likeness (QED) is 0.827. The Morgan fingerprint density at radius 3 is 2.71 bits per heavy atom. The van der Waals surface area contributed by atoms with Gasteiger partial charge in [-0.1, -0.05) is 12.5 Å². The molecule has 4 atom stereocenters. The second-order valence-corrected chi connectivity index (χ2v) is 5.42. The van der Waals surface area contributed by atoms with Crippen molar-refractivity contribution in [2.75, 3.05) is 6.54 Å². The van der Waals surface area contributed by atoms with Crippen LogP contribution in [0, 0.1) is 17.8 Å². The lowest BCUT2D eigenvalue weighted by molar-refractivity contribution is 0.107. The minimum Gasteiger partial charge on any atom is -0.392 e. The Bertz CT molecular complexity index is 371. The number of hydrogen-bond donors (Lipinski definition) is 2. The van der Waals surface area contributed by atoms with E-state index in [-0.39, 0.29) is 12.0 Å². The van der Waals surface area contributed by atoms with Gasteiger partial charge in [-0.3, -0.25) is 4.98 Å². The van der Waals surface area contributed by atoms with Crippen molar-refractivity contribution in [3.8, 4) is 0 Å². The van der Waals surface area contributed by atoms with Crippen LogP contribution < -0.4 is 5.73 Å². The normalized spacial score (nSPS) is 34.1. The average molecular weight is 232 g/mol. The molecule has 0 spiro atoms. The Morgan fingerprint density at radius 1 is 1.35 bits per heavy atom. The fourth-order valence-corrected chi connectivity index (χ4v) is 3.68. The van der Waals surface area contributed by atoms with Crippen LogP contribution in [-0.2, 0) is 0 Å². The second-order valence-electron chi connectivity index (χ2n) is 5.42. The van der Waals surface area contributed by atoms with E-state index in [9.17, 15) is 5.11 Å². The van der Waals surface area contributed by atoms with Crippen LogP contribution in [0.2, 0.25) is 0 Å². The molecule has 1 aromatic heterocycles. The summed E-state index contributed by atoms with van der Waals surface area (Å²) < 4.78 is 0. The average Bonchev–Trinajstić information content (AvgIpc) is 2.85. The van der Waals surface area contributed by atoms with E-state index < -0.39 is 0 Å². The fraction of sp³-hybridized carbons (Fsp3) is 0.643. The van der Waals surface area contributed by atoms with E-state index >= 15 is 0 Å². The first-order valence-corrected chi connectivity index (χ1v) is 6.62. The van der Waals surface area contributed by atoms with Gasteiger partial charge in [0.25, 0.3) is 0 Å². The van der Waals surface area contributed by atoms with Gasteiger partial charge < -0.3 is 10.8 Å². The molecule has 1 heterocycles. The minimum atomic E-state index is -0.301. The van der Waals surface area contributed by atoms with E-state index in [1.54, 1.807) is 6.20 Å². The van der Waals surface area contributed by atoms with Crippen molar-refractivity contribution >= 4 is 0 Å². The molecule has 92 valence electrons. The summed E-state index contributed by atoms with van der Waals surface area (Å²) in [5.74, 6) is 2.02. The molecule has 0 bridgehead atoms. The maximum Gasteiger partial charge on any atom is 0.0669 e. The molecule has 2 aliphatic rings. The third kappa shape index (κ3) is 1.87. The number of nitrogens with two attached hydrogens (primary N) is 1. The second kappa shape index (κ2) is 4.39. The van der Waals surface area contributed by atoms with E-state index in [1.165, 1.54) is 19.3 Å². The van der Waals surface area contributed by atoms with Crippen LogP contribution in [0.4, 0.5) is 0 Å². The summed E-state index contributed by atoms with van der Waals surface area (Å²) >= 11 is 0. The summed E-state index contributed by atoms with van der Waals surface area (Å²) in [7, 11) is 0. The lowest BCUT2D eigenvalue weighted by Crippen LogP contribution is -2.29. The molecule has 3 nitrogen and oxygen atoms in total. The number of aliphatic hydroxyl groups excluding tert-OH is 1. The predicted molar refractivity (Wildman–Crippen MR) is 66.4 cm³/mol. The smallest absolute Gasteiger partial charge is 0.0669 e. The molecule has 17 heavy (non-hydrogen) atoms. The Labute approximate surface area is 102 Å². The Hall–Kier alpha value is -0.930. The Kier molecular flexibility index (Phi) is 2.89. The highest BCUT2D eigenvalue weighted by atomic mass is 16.3. The van der Waals surface area contributed by atoms with E-state index in [0.29, 0.717) is 12.5 Å². The van der Waals surface area contributed by atoms with Crippen LogP contribution in [0.1, 0.15) is 30.9 Å². The van der Waals surface area contributed by atoms with Gasteiger partial charge in [0.2, 0.25) is 0 Å². The summed E-state index contributed by atoms with van der Waals surface area (Å²) in [4.78, 5) is 4.34. The Morgan fingerprint density at radius 2 is 2.12 bits per heavy atom. The number of rotatable bonds is 4. The molecule has 3 N–H and O–H groups in total. The van der Waals surface area contributed by atoms with Gasteiger partial charge in [0.05, 0.1) is 6.10 Å². The third-order valence-electron chi connectivity index (χ3n) is 4.60. The van der Waals surface area contributed by atoms with Gasteiger partial charge in [-0.15, -0.1) is 0 Å². The number of hydrogen-bond acceptors (Lipinski definition) is 3. The molecule has 0 saturated heterocycles. The third-order valence-corrected chi connectivity index (χ3v) is 4.60. The van der Waals surface area contributed by atoms with Crippen molar-refractivity contribution in [2.24, 2.45) is 23.5 Å². The van der Waals surface area contributed by atoms with Crippen LogP contribution >= 0.6 is 0 Å². The summed E-state index contributed by atoms with van der Waals surface area (Å²) in [6.45, 7) is 0.480. The molecule has 0 amide bonds. The van der Waals surface area contributed by atoms with Gasteiger partial charge in [-0.25, -0.2) is 0 Å². The molecule has 1 aromatic rings. The highest BCUT2D eigenvalue weighted by molar-refractivity contribution is 5.16. The van der Waals surface area contributed by atoms with Gasteiger partial charge in [0.15, 0.2) is 0 Å². The van der Waals surface area contributed by atoms with Crippen molar-refractivity contribution < 1.29 is 5.11 Å². The van der Waals surface area contributed by atoms with E-state index in [1.807, 2.05) is 18.2 Å². The van der Waals surface area contributed by atoms with E-state index in [0.717, 1.165) is 17.5 Å². The maximum absolute atomic E-state index is 10.5. The number of fused-ring (bicyclic) bond motifs is 1. The zero-order valence-corrected chi connectivity index (χ0v) is 10.00. The van der Waals surface area contributed by atoms with E-state index in [4.69, 9.17) is 5.73 Å². The lowest BCUT2D eigenvalue weighted by atomic mass is 9.91. The first-order valence-electron chi connectivity index (χ1n) is 6.62. The summed E-state index contributed by atoms with van der Waals surface area (Å²) in [6.07, 6.45) is 5.41. The fourth-order valence-electron chi connectivity index (χ4n) is 3.68. The number of aromatic nitrogens is 1. The van der Waals surface area contributed by atoms with Crippen LogP contribution in [0.5, 0.6) is 0 Å². The zero-order chi connectivity index (χ0) is 11.8. The van der Waals surface area contributed by atoms with Gasteiger partial charge in [-0.2, -0.15) is 0 Å². The topological polar surface area (TPSA) is 59.1 Å². The van der Waals surface area contributed by atoms with Crippen LogP contribution in [0.3, 0.4) is 0 Å². The SMILES string of the molecule is NCC(c1ccccn1)C(O)C1C2CCCC21. The molecular weight excluding hydrogens is 212 g/mol. The molecule has 2 saturated carbocycles. The van der Waals surface area contributed by atoms with Gasteiger partial charge in [0, 0.05) is 24.4 Å². The van der Waals surface area contributed by atoms with Crippen molar-refractivity contribution in [2.45, 2.75) is 31.3 Å². The first kappa shape index (κ1) is 11.2. The maximum atomic E-state index is 10.5. The molecule has 3 heteroatoms. The molecule has 2 aliphatic carbocycles. The molecule has 3 rings (SSSR count). The highest BCUT2D eigenvalue weighted by Crippen LogP contribution is 2.60. The standard InChI is InChI=1S/C14H20N2O/c15-8-11(12-6-1-2-7-16-12)14(17)13-9-4-3-5-10(9)13/h1-2,6-7,9-11,13-14,17H,3-5,8,15H2. The number of pyridine rings is 1. The predicted octanol–water partition coefficient (Wildman–Crippen LogP) is 1.53. The molecular formula is C14H20N2O. The van der Waals surface area contributed by atoms with Gasteiger partial charge in [-0.05, 0) is 42.7 Å². The molecule has 0 aromatic carbocycles.